The van der Waals surface area contributed by atoms with Gasteiger partial charge in [0.2, 0.25) is 5.91 Å². The summed E-state index contributed by atoms with van der Waals surface area (Å²) >= 11 is 0. The van der Waals surface area contributed by atoms with E-state index in [1.54, 1.807) is 24.3 Å². The lowest BCUT2D eigenvalue weighted by atomic mass is 9.33. The predicted molar refractivity (Wildman–Crippen MR) is 199 cm³/mol. The quantitative estimate of drug-likeness (QED) is 0.254. The van der Waals surface area contributed by atoms with E-state index in [9.17, 15) is 19.1 Å². The lowest BCUT2D eigenvalue weighted by molar-refractivity contribution is -0.219. The van der Waals surface area contributed by atoms with Crippen LogP contribution in [0.3, 0.4) is 0 Å². The highest BCUT2D eigenvalue weighted by atomic mass is 19.1. The van der Waals surface area contributed by atoms with Crippen LogP contribution < -0.4 is 10.6 Å². The molecule has 0 aromatic heterocycles. The largest absolute Gasteiger partial charge is 0.478 e. The molecular weight excluding hydrogens is 623 g/mol. The molecule has 5 aliphatic rings. The molecule has 0 spiro atoms. The number of halogens is 1. The van der Waals surface area contributed by atoms with E-state index < -0.39 is 5.97 Å². The first-order valence-corrected chi connectivity index (χ1v) is 19.1. The molecule has 3 N–H and O–H groups in total. The van der Waals surface area contributed by atoms with Crippen molar-refractivity contribution >= 4 is 23.1 Å². The van der Waals surface area contributed by atoms with Gasteiger partial charge in [0.05, 0.1) is 12.1 Å². The Morgan fingerprint density at radius 2 is 1.56 bits per heavy atom. The molecule has 9 atom stereocenters. The third-order valence-electron chi connectivity index (χ3n) is 15.8. The van der Waals surface area contributed by atoms with Gasteiger partial charge in [0.25, 0.3) is 0 Å². The van der Waals surface area contributed by atoms with Gasteiger partial charge in [0.1, 0.15) is 5.82 Å². The highest BCUT2D eigenvalue weighted by Crippen LogP contribution is 2.76. The number of nitrogens with one attached hydrogen (secondary N) is 2. The van der Waals surface area contributed by atoms with Crippen molar-refractivity contribution < 1.29 is 19.1 Å². The first kappa shape index (κ1) is 35.0. The fourth-order valence-electron chi connectivity index (χ4n) is 13.3. The molecule has 0 radical (unpaired) electrons. The van der Waals surface area contributed by atoms with Gasteiger partial charge in [0, 0.05) is 11.2 Å². The summed E-state index contributed by atoms with van der Waals surface area (Å²) < 4.78 is 13.5. The zero-order chi connectivity index (χ0) is 35.9. The first-order valence-electron chi connectivity index (χ1n) is 19.1. The van der Waals surface area contributed by atoms with Crippen molar-refractivity contribution in [3.05, 3.63) is 83.7 Å². The van der Waals surface area contributed by atoms with Crippen LogP contribution in [0.25, 0.3) is 5.57 Å². The normalized spacial score (nSPS) is 38.4. The number of hydrogen-bond donors (Lipinski definition) is 3. The van der Waals surface area contributed by atoms with Crippen LogP contribution >= 0.6 is 0 Å². The molecule has 268 valence electrons. The third-order valence-corrected chi connectivity index (χ3v) is 15.8. The van der Waals surface area contributed by atoms with Crippen molar-refractivity contribution in [3.8, 4) is 0 Å². The van der Waals surface area contributed by atoms with E-state index in [0.717, 1.165) is 43.4 Å². The van der Waals surface area contributed by atoms with E-state index in [1.165, 1.54) is 49.0 Å². The minimum atomic E-state index is -0.884. The number of carbonyl (C=O) groups is 2. The van der Waals surface area contributed by atoms with Gasteiger partial charge < -0.3 is 15.7 Å². The van der Waals surface area contributed by atoms with Gasteiger partial charge >= 0.3 is 5.97 Å². The van der Waals surface area contributed by atoms with E-state index in [2.05, 4.69) is 64.8 Å². The van der Waals surface area contributed by atoms with E-state index in [4.69, 9.17) is 0 Å². The maximum absolute atomic E-state index is 13.6. The Morgan fingerprint density at radius 1 is 0.860 bits per heavy atom. The summed E-state index contributed by atoms with van der Waals surface area (Å²) in [4.78, 5) is 25.2. The summed E-state index contributed by atoms with van der Waals surface area (Å²) in [5, 5.41) is 16.3. The molecule has 4 fully saturated rings. The number of allylic oxidation sites excluding steroid dienone is 3. The zero-order valence-corrected chi connectivity index (χ0v) is 31.0. The van der Waals surface area contributed by atoms with Gasteiger partial charge in [-0.1, -0.05) is 65.0 Å². The molecule has 0 aliphatic heterocycles. The van der Waals surface area contributed by atoms with Gasteiger partial charge in [-0.25, -0.2) is 9.18 Å². The second-order valence-corrected chi connectivity index (χ2v) is 18.2. The van der Waals surface area contributed by atoms with E-state index >= 15 is 0 Å². The topological polar surface area (TPSA) is 78.4 Å². The van der Waals surface area contributed by atoms with Crippen molar-refractivity contribution in [1.29, 1.82) is 0 Å². The number of benzene rings is 2. The molecule has 0 bridgehead atoms. The minimum Gasteiger partial charge on any atom is -0.478 e. The highest BCUT2D eigenvalue weighted by Gasteiger charge is 2.70. The van der Waals surface area contributed by atoms with Crippen LogP contribution in [0.5, 0.6) is 0 Å². The summed E-state index contributed by atoms with van der Waals surface area (Å²) in [6, 6.07) is 13.7. The Labute approximate surface area is 298 Å². The van der Waals surface area contributed by atoms with Crippen LogP contribution in [0.2, 0.25) is 0 Å². The number of rotatable bonds is 7. The fraction of sp³-hybridized carbons (Fsp3) is 0.591. The second-order valence-electron chi connectivity index (χ2n) is 18.2. The molecule has 4 saturated carbocycles. The zero-order valence-electron chi connectivity index (χ0n) is 31.0. The Morgan fingerprint density at radius 3 is 2.22 bits per heavy atom. The number of fused-ring (bicyclic) bond motifs is 7. The SMILES string of the molecule is C=C(C)[C@@H]1CC[C@]2(NC(=O)CNc3ccc(F)cc3)CC[C@]3(C)[C@H](CCC4[C@@]5(C)CC=C(c6ccc(C(=O)O)cc6)C(C)(C)C5CC[C@]43C)C12. The van der Waals surface area contributed by atoms with E-state index in [1.807, 2.05) is 12.1 Å². The van der Waals surface area contributed by atoms with Crippen LogP contribution in [-0.2, 0) is 4.79 Å². The van der Waals surface area contributed by atoms with E-state index in [-0.39, 0.29) is 45.5 Å². The number of carboxylic acids is 1. The Balaban J connectivity index is 1.16. The average Bonchev–Trinajstić information content (AvgIpc) is 3.44. The molecule has 5 nitrogen and oxygen atoms in total. The number of anilines is 1. The first-order chi connectivity index (χ1) is 23.6. The van der Waals surface area contributed by atoms with Crippen LogP contribution in [0.1, 0.15) is 115 Å². The lowest BCUT2D eigenvalue weighted by Gasteiger charge is -2.72. The van der Waals surface area contributed by atoms with E-state index in [0.29, 0.717) is 35.2 Å². The second kappa shape index (κ2) is 12.1. The maximum atomic E-state index is 13.6. The number of hydrogen-bond acceptors (Lipinski definition) is 3. The van der Waals surface area contributed by atoms with Crippen molar-refractivity contribution in [2.45, 2.75) is 105 Å². The number of carbonyl (C=O) groups excluding carboxylic acids is 1. The third kappa shape index (κ3) is 5.20. The molecule has 50 heavy (non-hydrogen) atoms. The minimum absolute atomic E-state index is 0.0165. The standard InChI is InChI=1S/C44H57FN2O3/c1-27(2)32-18-23-44(47-37(48)26-46-31-14-12-30(45)13-15-31)25-24-42(6)34(38(32)44)16-17-36-41(5)21-19-33(28-8-10-29(11-9-28)39(49)50)40(3,4)35(41)20-22-43(36,42)7/h8-15,19,32,34-36,38,46H,1,16-18,20-26H2,2-7H3,(H,47,48)(H,49,50)/t32-,34+,35?,36?,38?,41-,42+,43+,44-/m0/s1. The fourth-order valence-corrected chi connectivity index (χ4v) is 13.3. The molecule has 2 aromatic carbocycles. The van der Waals surface area contributed by atoms with Crippen LogP contribution in [0.4, 0.5) is 10.1 Å². The summed E-state index contributed by atoms with van der Waals surface area (Å²) in [5.41, 5.74) is 5.12. The molecule has 7 rings (SSSR count). The Kier molecular flexibility index (Phi) is 8.47. The molecular formula is C44H57FN2O3. The Hall–Kier alpha value is -3.41. The van der Waals surface area contributed by atoms with Gasteiger partial charge in [0.15, 0.2) is 0 Å². The average molecular weight is 681 g/mol. The van der Waals surface area contributed by atoms with Gasteiger partial charge in [-0.05, 0) is 163 Å². The summed E-state index contributed by atoms with van der Waals surface area (Å²) in [7, 11) is 0. The van der Waals surface area contributed by atoms with Crippen LogP contribution in [-0.4, -0.2) is 29.1 Å². The van der Waals surface area contributed by atoms with Gasteiger partial charge in [-0.15, -0.1) is 0 Å². The summed E-state index contributed by atoms with van der Waals surface area (Å²) in [6.45, 7) is 19.6. The molecule has 1 amide bonds. The summed E-state index contributed by atoms with van der Waals surface area (Å²) in [5.74, 6) is 1.29. The van der Waals surface area contributed by atoms with Gasteiger partial charge in [-0.2, -0.15) is 0 Å². The monoisotopic (exact) mass is 680 g/mol. The predicted octanol–water partition coefficient (Wildman–Crippen LogP) is 10.2. The number of amides is 1. The lowest BCUT2D eigenvalue weighted by Crippen LogP contribution is -2.68. The van der Waals surface area contributed by atoms with Crippen molar-refractivity contribution in [2.24, 2.45) is 51.2 Å². The molecule has 2 aromatic rings. The molecule has 0 heterocycles. The molecule has 3 unspecified atom stereocenters. The molecule has 0 saturated heterocycles. The smallest absolute Gasteiger partial charge is 0.335 e. The van der Waals surface area contributed by atoms with Gasteiger partial charge in [-0.3, -0.25) is 4.79 Å². The number of carboxylic acid groups (broad SMARTS) is 1. The van der Waals surface area contributed by atoms with Crippen molar-refractivity contribution in [3.63, 3.8) is 0 Å². The summed E-state index contributed by atoms with van der Waals surface area (Å²) in [6.07, 6.45) is 12.6. The maximum Gasteiger partial charge on any atom is 0.335 e. The Bertz CT molecular complexity index is 1710. The van der Waals surface area contributed by atoms with Crippen molar-refractivity contribution in [2.75, 3.05) is 11.9 Å². The number of aromatic carboxylic acids is 1. The van der Waals surface area contributed by atoms with Crippen LogP contribution in [0, 0.1) is 57.1 Å². The molecule has 5 aliphatic carbocycles. The molecule has 6 heteroatoms. The van der Waals surface area contributed by atoms with Crippen LogP contribution in [0.15, 0.2) is 66.8 Å². The highest BCUT2D eigenvalue weighted by molar-refractivity contribution is 5.88. The van der Waals surface area contributed by atoms with Crippen molar-refractivity contribution in [1.82, 2.24) is 5.32 Å².